The van der Waals surface area contributed by atoms with Gasteiger partial charge in [-0.15, -0.1) is 0 Å². The fourth-order valence-electron chi connectivity index (χ4n) is 3.70. The molecule has 2 atom stereocenters. The molecule has 1 aromatic rings. The first-order valence-corrected chi connectivity index (χ1v) is 6.83. The maximum atomic E-state index is 10.5. The highest BCUT2D eigenvalue weighted by molar-refractivity contribution is 5.28. The first-order chi connectivity index (χ1) is 8.34. The van der Waals surface area contributed by atoms with Crippen molar-refractivity contribution in [1.82, 2.24) is 4.90 Å². The lowest BCUT2D eigenvalue weighted by Gasteiger charge is -2.42. The van der Waals surface area contributed by atoms with Gasteiger partial charge >= 0.3 is 0 Å². The van der Waals surface area contributed by atoms with Gasteiger partial charge in [0.25, 0.3) is 0 Å². The van der Waals surface area contributed by atoms with Gasteiger partial charge in [-0.2, -0.15) is 0 Å². The SMILES string of the molecule is OC1CCCC1(c1ccccc1)N1CCCC1. The number of benzene rings is 1. The summed E-state index contributed by atoms with van der Waals surface area (Å²) >= 11 is 0. The molecule has 2 nitrogen and oxygen atoms in total. The second kappa shape index (κ2) is 4.43. The van der Waals surface area contributed by atoms with Crippen LogP contribution in [0.1, 0.15) is 37.7 Å². The fraction of sp³-hybridized carbons (Fsp3) is 0.600. The standard InChI is InChI=1S/C15H21NO/c17-14-9-6-10-15(14,16-11-4-5-12-16)13-7-2-1-3-8-13/h1-3,7-8,14,17H,4-6,9-12H2. The average molecular weight is 231 g/mol. The van der Waals surface area contributed by atoms with Gasteiger partial charge in [0.1, 0.15) is 0 Å². The molecule has 1 aliphatic heterocycles. The molecule has 1 saturated heterocycles. The predicted molar refractivity (Wildman–Crippen MR) is 68.8 cm³/mol. The van der Waals surface area contributed by atoms with Crippen molar-refractivity contribution in [3.8, 4) is 0 Å². The molecule has 1 N–H and O–H groups in total. The number of aliphatic hydroxyl groups excluding tert-OH is 1. The Bertz CT molecular complexity index is 372. The first-order valence-electron chi connectivity index (χ1n) is 6.83. The minimum absolute atomic E-state index is 0.0856. The second-order valence-corrected chi connectivity index (χ2v) is 5.39. The second-order valence-electron chi connectivity index (χ2n) is 5.39. The molecular weight excluding hydrogens is 210 g/mol. The van der Waals surface area contributed by atoms with Crippen molar-refractivity contribution in [2.24, 2.45) is 0 Å². The van der Waals surface area contributed by atoms with Gasteiger partial charge < -0.3 is 5.11 Å². The highest BCUT2D eigenvalue weighted by Gasteiger charge is 2.48. The molecule has 0 radical (unpaired) electrons. The van der Waals surface area contributed by atoms with Gasteiger partial charge in [-0.25, -0.2) is 0 Å². The molecule has 0 amide bonds. The van der Waals surface area contributed by atoms with Gasteiger partial charge in [-0.1, -0.05) is 30.3 Å². The van der Waals surface area contributed by atoms with Crippen molar-refractivity contribution in [2.45, 2.75) is 43.7 Å². The zero-order valence-corrected chi connectivity index (χ0v) is 10.3. The zero-order valence-electron chi connectivity index (χ0n) is 10.3. The van der Waals surface area contributed by atoms with Crippen LogP contribution in [0.4, 0.5) is 0 Å². The first kappa shape index (κ1) is 11.2. The smallest absolute Gasteiger partial charge is 0.0765 e. The Morgan fingerprint density at radius 3 is 2.35 bits per heavy atom. The Morgan fingerprint density at radius 1 is 1.06 bits per heavy atom. The summed E-state index contributed by atoms with van der Waals surface area (Å²) in [5.74, 6) is 0. The Labute approximate surface area is 103 Å². The van der Waals surface area contributed by atoms with Crippen LogP contribution < -0.4 is 0 Å². The molecule has 2 aliphatic rings. The minimum atomic E-state index is -0.192. The number of aliphatic hydroxyl groups is 1. The highest BCUT2D eigenvalue weighted by Crippen LogP contribution is 2.45. The summed E-state index contributed by atoms with van der Waals surface area (Å²) in [5.41, 5.74) is 1.23. The molecule has 1 aromatic carbocycles. The minimum Gasteiger partial charge on any atom is -0.391 e. The van der Waals surface area contributed by atoms with Crippen LogP contribution in [0.15, 0.2) is 30.3 Å². The van der Waals surface area contributed by atoms with E-state index in [1.807, 2.05) is 0 Å². The van der Waals surface area contributed by atoms with E-state index in [-0.39, 0.29) is 11.6 Å². The molecule has 2 unspecified atom stereocenters. The van der Waals surface area contributed by atoms with E-state index in [0.717, 1.165) is 32.4 Å². The van der Waals surface area contributed by atoms with Crippen molar-refractivity contribution in [3.63, 3.8) is 0 Å². The van der Waals surface area contributed by atoms with Crippen LogP contribution in [0.3, 0.4) is 0 Å². The molecular formula is C15H21NO. The maximum Gasteiger partial charge on any atom is 0.0765 e. The van der Waals surface area contributed by atoms with Crippen molar-refractivity contribution in [2.75, 3.05) is 13.1 Å². The number of hydrogen-bond donors (Lipinski definition) is 1. The van der Waals surface area contributed by atoms with Crippen LogP contribution in [0.2, 0.25) is 0 Å². The lowest BCUT2D eigenvalue weighted by Crippen LogP contribution is -2.49. The van der Waals surface area contributed by atoms with Crippen LogP contribution >= 0.6 is 0 Å². The van der Waals surface area contributed by atoms with Gasteiger partial charge in [0.15, 0.2) is 0 Å². The van der Waals surface area contributed by atoms with Gasteiger partial charge in [-0.3, -0.25) is 4.90 Å². The Morgan fingerprint density at radius 2 is 1.76 bits per heavy atom. The maximum absolute atomic E-state index is 10.5. The molecule has 0 aromatic heterocycles. The summed E-state index contributed by atoms with van der Waals surface area (Å²) in [6, 6.07) is 10.6. The van der Waals surface area contributed by atoms with E-state index in [9.17, 15) is 5.11 Å². The van der Waals surface area contributed by atoms with Crippen molar-refractivity contribution in [1.29, 1.82) is 0 Å². The number of hydrogen-bond acceptors (Lipinski definition) is 2. The largest absolute Gasteiger partial charge is 0.391 e. The summed E-state index contributed by atoms with van der Waals surface area (Å²) in [4.78, 5) is 2.53. The van der Waals surface area contributed by atoms with E-state index in [2.05, 4.69) is 35.2 Å². The van der Waals surface area contributed by atoms with Crippen molar-refractivity contribution < 1.29 is 5.11 Å². The Hall–Kier alpha value is -0.860. The van der Waals surface area contributed by atoms with Crippen LogP contribution in [-0.2, 0) is 5.54 Å². The van der Waals surface area contributed by atoms with Gasteiger partial charge in [0.2, 0.25) is 0 Å². The van der Waals surface area contributed by atoms with Crippen LogP contribution in [0, 0.1) is 0 Å². The zero-order chi connectivity index (χ0) is 11.7. The van der Waals surface area contributed by atoms with E-state index in [4.69, 9.17) is 0 Å². The molecule has 2 fully saturated rings. The van der Waals surface area contributed by atoms with Crippen molar-refractivity contribution in [3.05, 3.63) is 35.9 Å². The third kappa shape index (κ3) is 1.71. The summed E-state index contributed by atoms with van der Waals surface area (Å²) in [7, 11) is 0. The summed E-state index contributed by atoms with van der Waals surface area (Å²) in [6.45, 7) is 2.29. The lowest BCUT2D eigenvalue weighted by molar-refractivity contribution is -0.00240. The molecule has 92 valence electrons. The predicted octanol–water partition coefficient (Wildman–Crippen LogP) is 2.52. The molecule has 3 rings (SSSR count). The number of rotatable bonds is 2. The van der Waals surface area contributed by atoms with Gasteiger partial charge in [-0.05, 0) is 50.8 Å². The monoisotopic (exact) mass is 231 g/mol. The molecule has 1 aliphatic carbocycles. The van der Waals surface area contributed by atoms with E-state index < -0.39 is 0 Å². The van der Waals surface area contributed by atoms with Gasteiger partial charge in [0, 0.05) is 0 Å². The van der Waals surface area contributed by atoms with Crippen molar-refractivity contribution >= 4 is 0 Å². The molecule has 1 heterocycles. The summed E-state index contributed by atoms with van der Waals surface area (Å²) < 4.78 is 0. The quantitative estimate of drug-likeness (QED) is 0.845. The molecule has 0 spiro atoms. The average Bonchev–Trinajstić information content (AvgIpc) is 3.00. The van der Waals surface area contributed by atoms with E-state index in [0.29, 0.717) is 0 Å². The Balaban J connectivity index is 2.02. The normalized spacial score (nSPS) is 34.3. The highest BCUT2D eigenvalue weighted by atomic mass is 16.3. The van der Waals surface area contributed by atoms with E-state index in [1.54, 1.807) is 0 Å². The molecule has 1 saturated carbocycles. The lowest BCUT2D eigenvalue weighted by atomic mass is 9.84. The molecule has 17 heavy (non-hydrogen) atoms. The van der Waals surface area contributed by atoms with Gasteiger partial charge in [0.05, 0.1) is 11.6 Å². The molecule has 2 heteroatoms. The topological polar surface area (TPSA) is 23.5 Å². The van der Waals surface area contributed by atoms with E-state index in [1.165, 1.54) is 18.4 Å². The third-order valence-electron chi connectivity index (χ3n) is 4.53. The van der Waals surface area contributed by atoms with E-state index >= 15 is 0 Å². The van der Waals surface area contributed by atoms with Crippen LogP contribution in [0.25, 0.3) is 0 Å². The Kier molecular flexibility index (Phi) is 2.93. The summed E-state index contributed by atoms with van der Waals surface area (Å²) in [5, 5.41) is 10.5. The fourth-order valence-corrected chi connectivity index (χ4v) is 3.70. The number of likely N-dealkylation sites (tertiary alicyclic amines) is 1. The third-order valence-corrected chi connectivity index (χ3v) is 4.53. The van der Waals surface area contributed by atoms with Crippen LogP contribution in [-0.4, -0.2) is 29.2 Å². The molecule has 0 bridgehead atoms. The number of nitrogens with zero attached hydrogens (tertiary/aromatic N) is 1. The summed E-state index contributed by atoms with van der Waals surface area (Å²) in [6.07, 6.45) is 5.57. The van der Waals surface area contributed by atoms with Crippen LogP contribution in [0.5, 0.6) is 0 Å².